The number of fused-ring (bicyclic) bond motifs is 1. The molecule has 124 valence electrons. The first-order valence-electron chi connectivity index (χ1n) is 8.22. The van der Waals surface area contributed by atoms with Crippen molar-refractivity contribution in [3.8, 4) is 28.5 Å². The van der Waals surface area contributed by atoms with Crippen LogP contribution in [0.1, 0.15) is 0 Å². The summed E-state index contributed by atoms with van der Waals surface area (Å²) in [6.07, 6.45) is 0. The van der Waals surface area contributed by atoms with Gasteiger partial charge in [0.05, 0.1) is 18.3 Å². The largest absolute Gasteiger partial charge is 0.497 e. The molecule has 0 fully saturated rings. The molecule has 3 nitrogen and oxygen atoms in total. The zero-order valence-electron chi connectivity index (χ0n) is 14.3. The molecule has 3 aromatic carbocycles. The van der Waals surface area contributed by atoms with Gasteiger partial charge in [0.15, 0.2) is 5.75 Å². The quantitative estimate of drug-likeness (QED) is 0.483. The van der Waals surface area contributed by atoms with Gasteiger partial charge in [-0.3, -0.25) is 0 Å². The van der Waals surface area contributed by atoms with Crippen LogP contribution in [0.3, 0.4) is 0 Å². The normalized spacial score (nSPS) is 10.8. The maximum absolute atomic E-state index is 6.34. The van der Waals surface area contributed by atoms with Crippen molar-refractivity contribution in [2.24, 2.45) is 7.05 Å². The first kappa shape index (κ1) is 15.3. The van der Waals surface area contributed by atoms with Crippen LogP contribution in [0, 0.1) is 0 Å². The van der Waals surface area contributed by atoms with Crippen molar-refractivity contribution in [3.63, 3.8) is 0 Å². The summed E-state index contributed by atoms with van der Waals surface area (Å²) in [6, 6.07) is 26.3. The molecule has 0 saturated heterocycles. The molecule has 0 radical (unpaired) electrons. The lowest BCUT2D eigenvalue weighted by Gasteiger charge is -2.11. The first-order chi connectivity index (χ1) is 12.3. The highest BCUT2D eigenvalue weighted by atomic mass is 16.5. The van der Waals surface area contributed by atoms with Gasteiger partial charge in [0.25, 0.3) is 0 Å². The number of benzene rings is 3. The zero-order chi connectivity index (χ0) is 17.2. The molecule has 25 heavy (non-hydrogen) atoms. The van der Waals surface area contributed by atoms with Gasteiger partial charge in [-0.05, 0) is 24.3 Å². The number of rotatable bonds is 4. The van der Waals surface area contributed by atoms with Gasteiger partial charge < -0.3 is 14.0 Å². The highest BCUT2D eigenvalue weighted by molar-refractivity contribution is 5.95. The number of hydrogen-bond donors (Lipinski definition) is 0. The van der Waals surface area contributed by atoms with E-state index in [9.17, 15) is 0 Å². The smallest absolute Gasteiger partial charge is 0.160 e. The third-order valence-corrected chi connectivity index (χ3v) is 4.37. The predicted molar refractivity (Wildman–Crippen MR) is 101 cm³/mol. The SMILES string of the molecule is COc1cccc(Oc2c(-c3ccccc3)n(C)c3ccccc23)c1. The Bertz CT molecular complexity index is 1020. The summed E-state index contributed by atoms with van der Waals surface area (Å²) < 4.78 is 13.8. The number of aromatic nitrogens is 1. The minimum atomic E-state index is 0.757. The highest BCUT2D eigenvalue weighted by Gasteiger charge is 2.18. The lowest BCUT2D eigenvalue weighted by atomic mass is 10.1. The Morgan fingerprint density at radius 2 is 1.48 bits per heavy atom. The molecule has 1 heterocycles. The minimum Gasteiger partial charge on any atom is -0.497 e. The zero-order valence-corrected chi connectivity index (χ0v) is 14.3. The van der Waals surface area contributed by atoms with E-state index < -0.39 is 0 Å². The van der Waals surface area contributed by atoms with Crippen LogP contribution in [0.15, 0.2) is 78.9 Å². The maximum Gasteiger partial charge on any atom is 0.160 e. The summed E-state index contributed by atoms with van der Waals surface area (Å²) >= 11 is 0. The van der Waals surface area contributed by atoms with Crippen molar-refractivity contribution < 1.29 is 9.47 Å². The van der Waals surface area contributed by atoms with Gasteiger partial charge in [0.2, 0.25) is 0 Å². The van der Waals surface area contributed by atoms with E-state index in [-0.39, 0.29) is 0 Å². The van der Waals surface area contributed by atoms with E-state index in [0.717, 1.165) is 39.4 Å². The van der Waals surface area contributed by atoms with Gasteiger partial charge >= 0.3 is 0 Å². The van der Waals surface area contributed by atoms with Crippen molar-refractivity contribution in [2.75, 3.05) is 7.11 Å². The minimum absolute atomic E-state index is 0.757. The fourth-order valence-electron chi connectivity index (χ4n) is 3.17. The summed E-state index contributed by atoms with van der Waals surface area (Å²) in [4.78, 5) is 0. The van der Waals surface area contributed by atoms with Crippen molar-refractivity contribution in [2.45, 2.75) is 0 Å². The van der Waals surface area contributed by atoms with Crippen molar-refractivity contribution in [3.05, 3.63) is 78.9 Å². The number of ether oxygens (including phenoxy) is 2. The monoisotopic (exact) mass is 329 g/mol. The summed E-state index contributed by atoms with van der Waals surface area (Å²) in [7, 11) is 3.73. The Balaban J connectivity index is 1.92. The molecule has 1 aromatic heterocycles. The first-order valence-corrected chi connectivity index (χ1v) is 8.22. The second-order valence-corrected chi connectivity index (χ2v) is 5.90. The summed E-state index contributed by atoms with van der Waals surface area (Å²) in [5, 5.41) is 1.09. The number of para-hydroxylation sites is 1. The lowest BCUT2D eigenvalue weighted by molar-refractivity contribution is 0.409. The molecule has 0 N–H and O–H groups in total. The molecule has 4 aromatic rings. The van der Waals surface area contributed by atoms with Gasteiger partial charge in [-0.25, -0.2) is 0 Å². The predicted octanol–water partition coefficient (Wildman–Crippen LogP) is 5.65. The van der Waals surface area contributed by atoms with Crippen LogP contribution < -0.4 is 9.47 Å². The van der Waals surface area contributed by atoms with E-state index in [2.05, 4.69) is 35.9 Å². The molecule has 0 saturated carbocycles. The number of hydrogen-bond acceptors (Lipinski definition) is 2. The van der Waals surface area contributed by atoms with Crippen molar-refractivity contribution >= 4 is 10.9 Å². The Morgan fingerprint density at radius 3 is 2.28 bits per heavy atom. The van der Waals surface area contributed by atoms with Crippen LogP contribution in [-0.4, -0.2) is 11.7 Å². The fourth-order valence-corrected chi connectivity index (χ4v) is 3.17. The number of methoxy groups -OCH3 is 1. The van der Waals surface area contributed by atoms with Gasteiger partial charge in [0.1, 0.15) is 11.5 Å². The van der Waals surface area contributed by atoms with Crippen LogP contribution in [0.2, 0.25) is 0 Å². The number of nitrogens with zero attached hydrogens (tertiary/aromatic N) is 1. The van der Waals surface area contributed by atoms with Crippen LogP contribution in [0.4, 0.5) is 0 Å². The van der Waals surface area contributed by atoms with Gasteiger partial charge in [0, 0.05) is 24.1 Å². The number of aryl methyl sites for hydroxylation is 1. The summed E-state index contributed by atoms with van der Waals surface area (Å²) in [6.45, 7) is 0. The molecule has 0 aliphatic carbocycles. The lowest BCUT2D eigenvalue weighted by Crippen LogP contribution is -1.93. The van der Waals surface area contributed by atoms with Crippen LogP contribution in [0.25, 0.3) is 22.2 Å². The summed E-state index contributed by atoms with van der Waals surface area (Å²) in [5.74, 6) is 2.39. The molecule has 0 amide bonds. The third kappa shape index (κ3) is 2.74. The van der Waals surface area contributed by atoms with E-state index in [1.54, 1.807) is 7.11 Å². The van der Waals surface area contributed by atoms with E-state index in [1.165, 1.54) is 0 Å². The fraction of sp³-hybridized carbons (Fsp3) is 0.0909. The van der Waals surface area contributed by atoms with Crippen LogP contribution in [-0.2, 0) is 7.05 Å². The third-order valence-electron chi connectivity index (χ3n) is 4.37. The van der Waals surface area contributed by atoms with E-state index in [0.29, 0.717) is 0 Å². The van der Waals surface area contributed by atoms with Gasteiger partial charge in [-0.15, -0.1) is 0 Å². The Labute approximate surface area is 147 Å². The molecule has 0 spiro atoms. The average Bonchev–Trinajstić information content (AvgIpc) is 2.95. The molecular weight excluding hydrogens is 310 g/mol. The molecule has 3 heteroatoms. The van der Waals surface area contributed by atoms with E-state index in [1.807, 2.05) is 54.6 Å². The van der Waals surface area contributed by atoms with Crippen LogP contribution >= 0.6 is 0 Å². The van der Waals surface area contributed by atoms with Crippen molar-refractivity contribution in [1.82, 2.24) is 4.57 Å². The molecular formula is C22H19NO2. The van der Waals surface area contributed by atoms with Gasteiger partial charge in [-0.2, -0.15) is 0 Å². The molecule has 0 atom stereocenters. The molecule has 0 bridgehead atoms. The Kier molecular flexibility index (Phi) is 3.90. The topological polar surface area (TPSA) is 23.4 Å². The Hall–Kier alpha value is -3.20. The molecule has 4 rings (SSSR count). The molecule has 0 unspecified atom stereocenters. The average molecular weight is 329 g/mol. The second-order valence-electron chi connectivity index (χ2n) is 5.90. The van der Waals surface area contributed by atoms with Crippen molar-refractivity contribution in [1.29, 1.82) is 0 Å². The Morgan fingerprint density at radius 1 is 0.760 bits per heavy atom. The summed E-state index contributed by atoms with van der Waals surface area (Å²) in [5.41, 5.74) is 3.32. The molecule has 0 aliphatic heterocycles. The standard InChI is InChI=1S/C22H19NO2/c1-23-20-14-7-6-13-19(20)22(21(23)16-9-4-3-5-10-16)25-18-12-8-11-17(15-18)24-2/h3-15H,1-2H3. The maximum atomic E-state index is 6.34. The van der Waals surface area contributed by atoms with E-state index >= 15 is 0 Å². The van der Waals surface area contributed by atoms with E-state index in [4.69, 9.17) is 9.47 Å². The second kappa shape index (κ2) is 6.36. The molecule has 0 aliphatic rings. The highest BCUT2D eigenvalue weighted by Crippen LogP contribution is 2.41. The van der Waals surface area contributed by atoms with Gasteiger partial charge in [-0.1, -0.05) is 48.5 Å². The van der Waals surface area contributed by atoms with Crippen LogP contribution in [0.5, 0.6) is 17.2 Å².